The van der Waals surface area contributed by atoms with Gasteiger partial charge in [-0.2, -0.15) is 5.10 Å². The van der Waals surface area contributed by atoms with Gasteiger partial charge in [-0.25, -0.2) is 4.68 Å². The lowest BCUT2D eigenvalue weighted by Crippen LogP contribution is -2.06. The number of aromatic nitrogens is 3. The number of aryl methyl sites for hydroxylation is 3. The number of para-hydroxylation sites is 1. The molecule has 0 saturated heterocycles. The lowest BCUT2D eigenvalue weighted by molar-refractivity contribution is -0.144. The summed E-state index contributed by atoms with van der Waals surface area (Å²) >= 11 is 0. The van der Waals surface area contributed by atoms with Crippen molar-refractivity contribution in [1.29, 1.82) is 0 Å². The number of esters is 1. The number of ether oxygens (including phenoxy) is 1. The standard InChI is InChI=1S/C23H23N3O2/c1-16-13-17(2)26(25-16)20-10-7-18(8-11-20)15-28-23(27)12-9-19-14-24-22-6-4-3-5-21(19)22/h3-8,10-11,13-14,24H,9,12,15H2,1-2H3. The Kier molecular flexibility index (Phi) is 4.98. The van der Waals surface area contributed by atoms with Gasteiger partial charge < -0.3 is 9.72 Å². The molecule has 28 heavy (non-hydrogen) atoms. The Morgan fingerprint density at radius 3 is 2.64 bits per heavy atom. The molecule has 0 fully saturated rings. The van der Waals surface area contributed by atoms with E-state index in [9.17, 15) is 4.79 Å². The number of hydrogen-bond acceptors (Lipinski definition) is 3. The van der Waals surface area contributed by atoms with Crippen LogP contribution >= 0.6 is 0 Å². The fourth-order valence-corrected chi connectivity index (χ4v) is 3.43. The largest absolute Gasteiger partial charge is 0.461 e. The first-order chi connectivity index (χ1) is 13.6. The Labute approximate surface area is 164 Å². The van der Waals surface area contributed by atoms with E-state index in [1.165, 1.54) is 0 Å². The van der Waals surface area contributed by atoms with E-state index < -0.39 is 0 Å². The molecule has 2 heterocycles. The summed E-state index contributed by atoms with van der Waals surface area (Å²) in [7, 11) is 0. The Hall–Kier alpha value is -3.34. The minimum absolute atomic E-state index is 0.187. The normalized spacial score (nSPS) is 11.1. The van der Waals surface area contributed by atoms with Gasteiger partial charge in [0.2, 0.25) is 0 Å². The van der Waals surface area contributed by atoms with E-state index in [2.05, 4.69) is 16.1 Å². The first-order valence-corrected chi connectivity index (χ1v) is 9.43. The van der Waals surface area contributed by atoms with Crippen LogP contribution in [-0.2, 0) is 22.6 Å². The average Bonchev–Trinajstić information content (AvgIpc) is 3.27. The molecule has 0 aliphatic rings. The lowest BCUT2D eigenvalue weighted by atomic mass is 10.1. The van der Waals surface area contributed by atoms with Crippen LogP contribution in [-0.4, -0.2) is 20.7 Å². The van der Waals surface area contributed by atoms with Gasteiger partial charge in [0.25, 0.3) is 0 Å². The Balaban J connectivity index is 1.31. The topological polar surface area (TPSA) is 59.9 Å². The number of nitrogens with one attached hydrogen (secondary N) is 1. The summed E-state index contributed by atoms with van der Waals surface area (Å²) in [6.45, 7) is 4.29. The molecule has 5 nitrogen and oxygen atoms in total. The molecule has 0 aliphatic carbocycles. The first-order valence-electron chi connectivity index (χ1n) is 9.43. The van der Waals surface area contributed by atoms with Gasteiger partial charge >= 0.3 is 5.97 Å². The maximum absolute atomic E-state index is 12.1. The maximum Gasteiger partial charge on any atom is 0.306 e. The second kappa shape index (κ2) is 7.72. The number of rotatable bonds is 6. The molecule has 142 valence electrons. The van der Waals surface area contributed by atoms with Gasteiger partial charge in [-0.1, -0.05) is 30.3 Å². The molecule has 0 radical (unpaired) electrons. The van der Waals surface area contributed by atoms with Crippen LogP contribution in [0.1, 0.15) is 28.9 Å². The molecule has 4 aromatic rings. The monoisotopic (exact) mass is 373 g/mol. The number of H-pyrrole nitrogens is 1. The first kappa shape index (κ1) is 18.0. The van der Waals surface area contributed by atoms with E-state index in [-0.39, 0.29) is 12.6 Å². The molecule has 2 aromatic carbocycles. The zero-order valence-electron chi connectivity index (χ0n) is 16.1. The van der Waals surface area contributed by atoms with Crippen molar-refractivity contribution in [3.05, 3.63) is 83.3 Å². The molecule has 1 N–H and O–H groups in total. The number of hydrogen-bond donors (Lipinski definition) is 1. The van der Waals surface area contributed by atoms with Crippen LogP contribution in [0.4, 0.5) is 0 Å². The molecular weight excluding hydrogens is 350 g/mol. The Morgan fingerprint density at radius 1 is 1.11 bits per heavy atom. The average molecular weight is 373 g/mol. The minimum Gasteiger partial charge on any atom is -0.461 e. The number of fused-ring (bicyclic) bond motifs is 1. The number of nitrogens with zero attached hydrogens (tertiary/aromatic N) is 2. The highest BCUT2D eigenvalue weighted by Crippen LogP contribution is 2.19. The van der Waals surface area contributed by atoms with Crippen molar-refractivity contribution in [3.63, 3.8) is 0 Å². The highest BCUT2D eigenvalue weighted by atomic mass is 16.5. The summed E-state index contributed by atoms with van der Waals surface area (Å²) in [5.74, 6) is -0.187. The zero-order chi connectivity index (χ0) is 19.5. The van der Waals surface area contributed by atoms with Crippen LogP contribution in [0.2, 0.25) is 0 Å². The van der Waals surface area contributed by atoms with Crippen molar-refractivity contribution >= 4 is 16.9 Å². The molecular formula is C23H23N3O2. The van der Waals surface area contributed by atoms with Gasteiger partial charge in [0.1, 0.15) is 6.61 Å². The van der Waals surface area contributed by atoms with Crippen molar-refractivity contribution < 1.29 is 9.53 Å². The zero-order valence-corrected chi connectivity index (χ0v) is 16.1. The molecule has 0 unspecified atom stereocenters. The minimum atomic E-state index is -0.187. The van der Waals surface area contributed by atoms with E-state index in [4.69, 9.17) is 4.74 Å². The molecule has 5 heteroatoms. The molecule has 0 bridgehead atoms. The van der Waals surface area contributed by atoms with E-state index in [1.54, 1.807) is 0 Å². The van der Waals surface area contributed by atoms with Crippen LogP contribution in [0.3, 0.4) is 0 Å². The van der Waals surface area contributed by atoms with Crippen molar-refractivity contribution in [1.82, 2.24) is 14.8 Å². The van der Waals surface area contributed by atoms with Crippen LogP contribution in [0.5, 0.6) is 0 Å². The summed E-state index contributed by atoms with van der Waals surface area (Å²) in [6, 6.07) is 18.1. The highest BCUT2D eigenvalue weighted by molar-refractivity contribution is 5.83. The van der Waals surface area contributed by atoms with Gasteiger partial charge in [0.15, 0.2) is 0 Å². The highest BCUT2D eigenvalue weighted by Gasteiger charge is 2.09. The van der Waals surface area contributed by atoms with E-state index in [0.717, 1.165) is 39.1 Å². The predicted molar refractivity (Wildman–Crippen MR) is 109 cm³/mol. The molecule has 0 amide bonds. The summed E-state index contributed by atoms with van der Waals surface area (Å²) in [6.07, 6.45) is 3.00. The fraction of sp³-hybridized carbons (Fsp3) is 0.217. The SMILES string of the molecule is Cc1cc(C)n(-c2ccc(COC(=O)CCc3c[nH]c4ccccc34)cc2)n1. The molecule has 0 atom stereocenters. The molecule has 0 aliphatic heterocycles. The molecule has 0 saturated carbocycles. The molecule has 0 spiro atoms. The predicted octanol–water partition coefficient (Wildman–Crippen LogP) is 4.65. The number of carbonyl (C=O) groups excluding carboxylic acids is 1. The quantitative estimate of drug-likeness (QED) is 0.501. The summed E-state index contributed by atoms with van der Waals surface area (Å²) in [5.41, 5.74) is 6.28. The van der Waals surface area contributed by atoms with E-state index in [0.29, 0.717) is 12.8 Å². The third-order valence-electron chi connectivity index (χ3n) is 4.86. The van der Waals surface area contributed by atoms with Crippen molar-refractivity contribution in [2.75, 3.05) is 0 Å². The van der Waals surface area contributed by atoms with Gasteiger partial charge in [-0.3, -0.25) is 4.79 Å². The third kappa shape index (κ3) is 3.83. The van der Waals surface area contributed by atoms with Crippen LogP contribution in [0, 0.1) is 13.8 Å². The van der Waals surface area contributed by atoms with Crippen LogP contribution in [0.15, 0.2) is 60.8 Å². The van der Waals surface area contributed by atoms with Gasteiger partial charge in [-0.05, 0) is 55.7 Å². The second-order valence-corrected chi connectivity index (χ2v) is 7.03. The van der Waals surface area contributed by atoms with Crippen molar-refractivity contribution in [2.24, 2.45) is 0 Å². The molecule has 4 rings (SSSR count). The fourth-order valence-electron chi connectivity index (χ4n) is 3.43. The second-order valence-electron chi connectivity index (χ2n) is 7.03. The summed E-state index contributed by atoms with van der Waals surface area (Å²) < 4.78 is 7.35. The lowest BCUT2D eigenvalue weighted by Gasteiger charge is -2.07. The number of benzene rings is 2. The number of carbonyl (C=O) groups is 1. The van der Waals surface area contributed by atoms with Gasteiger partial charge in [-0.15, -0.1) is 0 Å². The maximum atomic E-state index is 12.1. The van der Waals surface area contributed by atoms with Crippen LogP contribution in [0.25, 0.3) is 16.6 Å². The van der Waals surface area contributed by atoms with Crippen LogP contribution < -0.4 is 0 Å². The van der Waals surface area contributed by atoms with Crippen molar-refractivity contribution in [3.8, 4) is 5.69 Å². The van der Waals surface area contributed by atoms with Gasteiger partial charge in [0, 0.05) is 29.2 Å². The third-order valence-corrected chi connectivity index (χ3v) is 4.86. The van der Waals surface area contributed by atoms with Gasteiger partial charge in [0.05, 0.1) is 11.4 Å². The Bertz CT molecular complexity index is 1110. The summed E-state index contributed by atoms with van der Waals surface area (Å²) in [4.78, 5) is 15.4. The number of aromatic amines is 1. The summed E-state index contributed by atoms with van der Waals surface area (Å²) in [5, 5.41) is 5.65. The van der Waals surface area contributed by atoms with E-state index in [1.807, 2.05) is 73.3 Å². The van der Waals surface area contributed by atoms with Crippen molar-refractivity contribution in [2.45, 2.75) is 33.3 Å². The Morgan fingerprint density at radius 2 is 1.89 bits per heavy atom. The smallest absolute Gasteiger partial charge is 0.306 e. The molecule has 2 aromatic heterocycles. The van der Waals surface area contributed by atoms with E-state index >= 15 is 0 Å².